The van der Waals surface area contributed by atoms with Crippen molar-refractivity contribution in [1.82, 2.24) is 14.9 Å². The highest BCUT2D eigenvalue weighted by atomic mass is 19.1. The van der Waals surface area contributed by atoms with Gasteiger partial charge in [0.1, 0.15) is 17.4 Å². The van der Waals surface area contributed by atoms with Crippen molar-refractivity contribution in [2.45, 2.75) is 58.1 Å². The molecule has 9 rings (SSSR count). The number of nitrogens with one attached hydrogen (secondary N) is 2. The van der Waals surface area contributed by atoms with Crippen LogP contribution in [0.5, 0.6) is 5.75 Å². The molecule has 3 aromatic rings. The Hall–Kier alpha value is -4.75. The van der Waals surface area contributed by atoms with E-state index >= 15 is 0 Å². The SMILES string of the molecule is COc1cc(N2CCN(C(=O)CC34CC5CC(CC(C5)C3)C4)CC2)ccc1Nc1ncc2c(n1)N(c1ccc(F)c(NC(=O)CN)c1)C(O)C=C2C. The summed E-state index contributed by atoms with van der Waals surface area (Å²) in [4.78, 5) is 40.7. The Kier molecular flexibility index (Phi) is 9.02. The summed E-state index contributed by atoms with van der Waals surface area (Å²) in [5, 5.41) is 16.9. The number of halogens is 1. The number of aliphatic hydroxyl groups is 1. The zero-order valence-electron chi connectivity index (χ0n) is 29.8. The van der Waals surface area contributed by atoms with E-state index in [9.17, 15) is 19.1 Å². The number of nitrogens with two attached hydrogens (primary N) is 1. The number of nitrogens with zero attached hydrogens (tertiary/aromatic N) is 5. The molecule has 2 aromatic carbocycles. The quantitative estimate of drug-likeness (QED) is 0.228. The lowest BCUT2D eigenvalue weighted by Crippen LogP contribution is -2.52. The van der Waals surface area contributed by atoms with Gasteiger partial charge in [0.2, 0.25) is 17.8 Å². The van der Waals surface area contributed by atoms with E-state index in [0.29, 0.717) is 47.5 Å². The van der Waals surface area contributed by atoms with Crippen LogP contribution in [0.2, 0.25) is 0 Å². The first-order valence-corrected chi connectivity index (χ1v) is 18.4. The highest BCUT2D eigenvalue weighted by Crippen LogP contribution is 2.61. The van der Waals surface area contributed by atoms with Crippen molar-refractivity contribution in [3.8, 4) is 5.75 Å². The van der Waals surface area contributed by atoms with Crippen molar-refractivity contribution in [2.24, 2.45) is 28.9 Å². The largest absolute Gasteiger partial charge is 0.494 e. The minimum Gasteiger partial charge on any atom is -0.494 e. The van der Waals surface area contributed by atoms with Gasteiger partial charge in [-0.05, 0) is 111 Å². The Morgan fingerprint density at radius 1 is 1.00 bits per heavy atom. The minimum atomic E-state index is -1.11. The predicted molar refractivity (Wildman–Crippen MR) is 198 cm³/mol. The fourth-order valence-corrected chi connectivity index (χ4v) is 9.90. The summed E-state index contributed by atoms with van der Waals surface area (Å²) < 4.78 is 20.4. The molecule has 0 spiro atoms. The lowest BCUT2D eigenvalue weighted by Gasteiger charge is -2.57. The van der Waals surface area contributed by atoms with Gasteiger partial charge in [0.05, 0.1) is 25.0 Å². The average molecular weight is 711 g/mol. The van der Waals surface area contributed by atoms with Crippen LogP contribution in [0.4, 0.5) is 38.9 Å². The van der Waals surface area contributed by atoms with Crippen LogP contribution in [0, 0.1) is 29.0 Å². The smallest absolute Gasteiger partial charge is 0.238 e. The molecule has 4 saturated carbocycles. The highest BCUT2D eigenvalue weighted by Gasteiger charge is 2.51. The van der Waals surface area contributed by atoms with Crippen molar-refractivity contribution in [2.75, 3.05) is 60.3 Å². The van der Waals surface area contributed by atoms with Gasteiger partial charge in [-0.15, -0.1) is 0 Å². The van der Waals surface area contributed by atoms with Crippen LogP contribution in [0.25, 0.3) is 5.57 Å². The van der Waals surface area contributed by atoms with E-state index in [1.165, 1.54) is 56.7 Å². The molecule has 1 aromatic heterocycles. The molecule has 274 valence electrons. The molecule has 2 amide bonds. The minimum absolute atomic E-state index is 0.0595. The Morgan fingerprint density at radius 2 is 1.69 bits per heavy atom. The maximum Gasteiger partial charge on any atom is 0.238 e. The molecule has 5 N–H and O–H groups in total. The number of amides is 2. The number of rotatable bonds is 9. The number of piperazine rings is 1. The molecular weight excluding hydrogens is 663 g/mol. The van der Waals surface area contributed by atoms with E-state index in [1.54, 1.807) is 24.3 Å². The maximum absolute atomic E-state index is 14.6. The number of carbonyl (C=O) groups excluding carboxylic acids is 2. The van der Waals surface area contributed by atoms with Gasteiger partial charge in [-0.3, -0.25) is 14.5 Å². The lowest BCUT2D eigenvalue weighted by atomic mass is 9.49. The van der Waals surface area contributed by atoms with Gasteiger partial charge in [0, 0.05) is 61.8 Å². The predicted octanol–water partition coefficient (Wildman–Crippen LogP) is 5.39. The molecule has 12 nitrogen and oxygen atoms in total. The molecule has 4 aliphatic carbocycles. The van der Waals surface area contributed by atoms with Crippen LogP contribution in [-0.4, -0.2) is 77.9 Å². The van der Waals surface area contributed by atoms with Gasteiger partial charge in [-0.1, -0.05) is 0 Å². The van der Waals surface area contributed by atoms with E-state index in [-0.39, 0.29) is 23.6 Å². The Balaban J connectivity index is 0.955. The maximum atomic E-state index is 14.6. The lowest BCUT2D eigenvalue weighted by molar-refractivity contribution is -0.139. The normalized spacial score (nSPS) is 26.2. The molecule has 4 bridgehead atoms. The molecule has 1 unspecified atom stereocenters. The standard InChI is InChI=1S/C39H47FN8O4/c1-23-11-35(50)48(28-3-5-30(40)32(15-28)43-34(49)21-41)37-29(23)22-42-38(45-37)44-31-6-4-27(16-33(31)52-2)46-7-9-47(10-8-46)36(51)20-39-17-24-12-25(18-39)14-26(13-24)19-39/h3-6,11,15-16,22,24-26,35,50H,7-10,12-14,17-21,41H2,1-2H3,(H,43,49)(H,42,44,45). The number of anilines is 6. The molecule has 2 aliphatic heterocycles. The third-order valence-corrected chi connectivity index (χ3v) is 11.9. The summed E-state index contributed by atoms with van der Waals surface area (Å²) in [7, 11) is 1.61. The monoisotopic (exact) mass is 710 g/mol. The Bertz CT molecular complexity index is 1880. The van der Waals surface area contributed by atoms with Crippen LogP contribution in [0.3, 0.4) is 0 Å². The van der Waals surface area contributed by atoms with E-state index in [1.807, 2.05) is 25.1 Å². The number of aromatic nitrogens is 2. The summed E-state index contributed by atoms with van der Waals surface area (Å²) in [5.74, 6) is 2.97. The fourth-order valence-electron chi connectivity index (χ4n) is 9.90. The molecular formula is C39H47FN8O4. The van der Waals surface area contributed by atoms with Gasteiger partial charge in [-0.25, -0.2) is 9.37 Å². The second-order valence-corrected chi connectivity index (χ2v) is 15.5. The topological polar surface area (TPSA) is 149 Å². The van der Waals surface area contributed by atoms with Crippen molar-refractivity contribution < 1.29 is 23.8 Å². The second-order valence-electron chi connectivity index (χ2n) is 15.5. The summed E-state index contributed by atoms with van der Waals surface area (Å²) in [5.41, 5.74) is 9.14. The molecule has 5 fully saturated rings. The number of allylic oxidation sites excluding steroid dienone is 1. The van der Waals surface area contributed by atoms with E-state index in [0.717, 1.165) is 48.5 Å². The number of benzene rings is 2. The van der Waals surface area contributed by atoms with Crippen LogP contribution in [-0.2, 0) is 9.59 Å². The number of hydrogen-bond donors (Lipinski definition) is 4. The van der Waals surface area contributed by atoms with Crippen molar-refractivity contribution in [3.63, 3.8) is 0 Å². The third kappa shape index (κ3) is 6.56. The first-order valence-electron chi connectivity index (χ1n) is 18.4. The first kappa shape index (κ1) is 34.3. The van der Waals surface area contributed by atoms with E-state index < -0.39 is 18.0 Å². The second kappa shape index (κ2) is 13.7. The number of aliphatic hydroxyl groups excluding tert-OH is 1. The number of fused-ring (bicyclic) bond motifs is 1. The molecule has 0 radical (unpaired) electrons. The van der Waals surface area contributed by atoms with E-state index in [2.05, 4.69) is 25.4 Å². The summed E-state index contributed by atoms with van der Waals surface area (Å²) in [6, 6.07) is 10.1. The molecule has 52 heavy (non-hydrogen) atoms. The third-order valence-electron chi connectivity index (χ3n) is 11.9. The van der Waals surface area contributed by atoms with Crippen LogP contribution < -0.4 is 30.9 Å². The van der Waals surface area contributed by atoms with Gasteiger partial charge < -0.3 is 36.0 Å². The highest BCUT2D eigenvalue weighted by molar-refractivity contribution is 5.93. The number of hydrogen-bond acceptors (Lipinski definition) is 10. The Labute approximate surface area is 303 Å². The molecule has 3 heterocycles. The van der Waals surface area contributed by atoms with Crippen molar-refractivity contribution >= 4 is 51.9 Å². The zero-order chi connectivity index (χ0) is 36.1. The molecule has 1 saturated heterocycles. The summed E-state index contributed by atoms with van der Waals surface area (Å²) >= 11 is 0. The van der Waals surface area contributed by atoms with Crippen molar-refractivity contribution in [3.05, 3.63) is 60.1 Å². The fraction of sp³-hybridized carbons (Fsp3) is 0.487. The number of ether oxygens (including phenoxy) is 1. The molecule has 6 aliphatic rings. The zero-order valence-corrected chi connectivity index (χ0v) is 29.8. The number of carbonyl (C=O) groups is 2. The van der Waals surface area contributed by atoms with Crippen LogP contribution in [0.1, 0.15) is 57.4 Å². The molecule has 1 atom stereocenters. The Morgan fingerprint density at radius 3 is 2.37 bits per heavy atom. The van der Waals surface area contributed by atoms with Gasteiger partial charge in [0.25, 0.3) is 0 Å². The number of methoxy groups -OCH3 is 1. The average Bonchev–Trinajstić information content (AvgIpc) is 3.12. The summed E-state index contributed by atoms with van der Waals surface area (Å²) in [6.07, 6.45) is 10.9. The van der Waals surface area contributed by atoms with Crippen LogP contribution in [0.15, 0.2) is 48.7 Å². The molecule has 13 heteroatoms. The van der Waals surface area contributed by atoms with Gasteiger partial charge in [0.15, 0.2) is 6.23 Å². The van der Waals surface area contributed by atoms with Crippen LogP contribution >= 0.6 is 0 Å². The first-order chi connectivity index (χ1) is 25.1. The summed E-state index contributed by atoms with van der Waals surface area (Å²) in [6.45, 7) is 4.48. The van der Waals surface area contributed by atoms with Crippen molar-refractivity contribution in [1.29, 1.82) is 0 Å². The van der Waals surface area contributed by atoms with Gasteiger partial charge >= 0.3 is 0 Å². The van der Waals surface area contributed by atoms with Gasteiger partial charge in [-0.2, -0.15) is 4.98 Å². The van der Waals surface area contributed by atoms with E-state index in [4.69, 9.17) is 15.5 Å².